The summed E-state index contributed by atoms with van der Waals surface area (Å²) in [5, 5.41) is 14.0. The molecule has 0 amide bonds. The normalized spacial score (nSPS) is 22.0. The Morgan fingerprint density at radius 2 is 2.10 bits per heavy atom. The van der Waals surface area contributed by atoms with Gasteiger partial charge in [0.2, 0.25) is 0 Å². The number of hydrogen-bond donors (Lipinski definition) is 2. The van der Waals surface area contributed by atoms with Gasteiger partial charge in [-0.15, -0.1) is 0 Å². The number of aliphatic hydroxyl groups excluding tert-OH is 1. The second-order valence-electron chi connectivity index (χ2n) is 6.47. The molecule has 4 nitrogen and oxygen atoms in total. The van der Waals surface area contributed by atoms with Crippen molar-refractivity contribution in [3.63, 3.8) is 0 Å². The lowest BCUT2D eigenvalue weighted by molar-refractivity contribution is 0.154. The van der Waals surface area contributed by atoms with Crippen LogP contribution in [0.25, 0.3) is 0 Å². The lowest BCUT2D eigenvalue weighted by atomic mass is 9.87. The van der Waals surface area contributed by atoms with Crippen LogP contribution in [0, 0.1) is 5.41 Å². The average Bonchev–Trinajstić information content (AvgIpc) is 2.82. The van der Waals surface area contributed by atoms with Crippen molar-refractivity contribution in [1.29, 1.82) is 0 Å². The molecular weight excluding hydrogens is 266 g/mol. The molecule has 2 atom stereocenters. The third kappa shape index (κ3) is 3.69. The summed E-state index contributed by atoms with van der Waals surface area (Å²) in [6, 6.07) is 5.97. The first-order valence-corrected chi connectivity index (χ1v) is 7.61. The molecular formula is C17H27NO3. The standard InChI is InChI=1S/C17H27NO3/c1-17(2)9-5-6-16(17)18-11-14(19)13-10-12(20-3)7-8-15(13)21-4/h7-8,10,14,16,18-19H,5-6,9,11H2,1-4H3. The minimum Gasteiger partial charge on any atom is -0.497 e. The van der Waals surface area contributed by atoms with Crippen molar-refractivity contribution < 1.29 is 14.6 Å². The van der Waals surface area contributed by atoms with Gasteiger partial charge in [-0.1, -0.05) is 20.3 Å². The molecule has 0 radical (unpaired) electrons. The van der Waals surface area contributed by atoms with Gasteiger partial charge in [-0.05, 0) is 36.5 Å². The van der Waals surface area contributed by atoms with E-state index in [0.717, 1.165) is 11.3 Å². The zero-order chi connectivity index (χ0) is 15.5. The number of aliphatic hydroxyl groups is 1. The largest absolute Gasteiger partial charge is 0.497 e. The van der Waals surface area contributed by atoms with E-state index in [0.29, 0.717) is 23.8 Å². The summed E-state index contributed by atoms with van der Waals surface area (Å²) in [6.07, 6.45) is 3.06. The maximum absolute atomic E-state index is 10.5. The molecule has 1 aromatic rings. The van der Waals surface area contributed by atoms with Crippen LogP contribution in [0.15, 0.2) is 18.2 Å². The Balaban J connectivity index is 2.04. The van der Waals surface area contributed by atoms with E-state index in [1.807, 2.05) is 18.2 Å². The van der Waals surface area contributed by atoms with E-state index >= 15 is 0 Å². The van der Waals surface area contributed by atoms with Crippen molar-refractivity contribution >= 4 is 0 Å². The number of rotatable bonds is 6. The fraction of sp³-hybridized carbons (Fsp3) is 0.647. The van der Waals surface area contributed by atoms with E-state index in [2.05, 4.69) is 19.2 Å². The number of benzene rings is 1. The Morgan fingerprint density at radius 3 is 2.67 bits per heavy atom. The third-order valence-electron chi connectivity index (χ3n) is 4.61. The van der Waals surface area contributed by atoms with Crippen molar-refractivity contribution in [2.24, 2.45) is 5.41 Å². The van der Waals surface area contributed by atoms with Crippen LogP contribution < -0.4 is 14.8 Å². The van der Waals surface area contributed by atoms with E-state index in [9.17, 15) is 5.11 Å². The van der Waals surface area contributed by atoms with Crippen LogP contribution in [-0.2, 0) is 0 Å². The van der Waals surface area contributed by atoms with Crippen molar-refractivity contribution in [1.82, 2.24) is 5.32 Å². The molecule has 1 aromatic carbocycles. The van der Waals surface area contributed by atoms with Crippen LogP contribution in [0.5, 0.6) is 11.5 Å². The zero-order valence-electron chi connectivity index (χ0n) is 13.5. The maximum Gasteiger partial charge on any atom is 0.124 e. The van der Waals surface area contributed by atoms with Crippen LogP contribution >= 0.6 is 0 Å². The Morgan fingerprint density at radius 1 is 1.33 bits per heavy atom. The van der Waals surface area contributed by atoms with E-state index in [1.165, 1.54) is 19.3 Å². The average molecular weight is 293 g/mol. The molecule has 1 aliphatic rings. The molecule has 2 unspecified atom stereocenters. The van der Waals surface area contributed by atoms with Crippen LogP contribution in [0.4, 0.5) is 0 Å². The molecule has 0 aliphatic heterocycles. The third-order valence-corrected chi connectivity index (χ3v) is 4.61. The smallest absolute Gasteiger partial charge is 0.124 e. The summed E-state index contributed by atoms with van der Waals surface area (Å²) in [6.45, 7) is 5.10. The topological polar surface area (TPSA) is 50.7 Å². The van der Waals surface area contributed by atoms with Gasteiger partial charge in [0.25, 0.3) is 0 Å². The Labute approximate surface area is 127 Å². The molecule has 0 spiro atoms. The summed E-state index contributed by atoms with van der Waals surface area (Å²) >= 11 is 0. The maximum atomic E-state index is 10.5. The van der Waals surface area contributed by atoms with Gasteiger partial charge in [-0.2, -0.15) is 0 Å². The molecule has 1 fully saturated rings. The number of nitrogens with one attached hydrogen (secondary N) is 1. The summed E-state index contributed by atoms with van der Waals surface area (Å²) in [5.41, 5.74) is 1.07. The van der Waals surface area contributed by atoms with Crippen molar-refractivity contribution in [2.75, 3.05) is 20.8 Å². The molecule has 0 saturated heterocycles. The molecule has 4 heteroatoms. The minimum absolute atomic E-state index is 0.304. The van der Waals surface area contributed by atoms with Gasteiger partial charge in [0.1, 0.15) is 11.5 Å². The summed E-state index contributed by atoms with van der Waals surface area (Å²) in [7, 11) is 3.24. The first kappa shape index (κ1) is 16.1. The summed E-state index contributed by atoms with van der Waals surface area (Å²) < 4.78 is 10.6. The molecule has 1 aliphatic carbocycles. The van der Waals surface area contributed by atoms with E-state index in [1.54, 1.807) is 14.2 Å². The molecule has 2 N–H and O–H groups in total. The van der Waals surface area contributed by atoms with Crippen LogP contribution in [0.2, 0.25) is 0 Å². The van der Waals surface area contributed by atoms with Crippen molar-refractivity contribution in [3.05, 3.63) is 23.8 Å². The Bertz CT molecular complexity index is 473. The monoisotopic (exact) mass is 293 g/mol. The van der Waals surface area contributed by atoms with Crippen LogP contribution in [0.3, 0.4) is 0 Å². The predicted molar refractivity (Wildman–Crippen MR) is 83.9 cm³/mol. The number of ether oxygens (including phenoxy) is 2. The highest BCUT2D eigenvalue weighted by Gasteiger charge is 2.34. The van der Waals surface area contributed by atoms with Gasteiger partial charge in [-0.3, -0.25) is 0 Å². The fourth-order valence-corrected chi connectivity index (χ4v) is 3.17. The van der Waals surface area contributed by atoms with Gasteiger partial charge in [0.05, 0.1) is 20.3 Å². The lowest BCUT2D eigenvalue weighted by Crippen LogP contribution is -2.39. The van der Waals surface area contributed by atoms with Crippen molar-refractivity contribution in [3.8, 4) is 11.5 Å². The van der Waals surface area contributed by atoms with Crippen molar-refractivity contribution in [2.45, 2.75) is 45.3 Å². The second kappa shape index (κ2) is 6.67. The highest BCUT2D eigenvalue weighted by atomic mass is 16.5. The minimum atomic E-state index is -0.605. The van der Waals surface area contributed by atoms with Gasteiger partial charge >= 0.3 is 0 Å². The van der Waals surface area contributed by atoms with Crippen LogP contribution in [-0.4, -0.2) is 31.9 Å². The fourth-order valence-electron chi connectivity index (χ4n) is 3.17. The molecule has 0 aromatic heterocycles. The van der Waals surface area contributed by atoms with Gasteiger partial charge in [-0.25, -0.2) is 0 Å². The van der Waals surface area contributed by atoms with E-state index in [4.69, 9.17) is 9.47 Å². The van der Waals surface area contributed by atoms with Crippen LogP contribution in [0.1, 0.15) is 44.8 Å². The zero-order valence-corrected chi connectivity index (χ0v) is 13.5. The molecule has 21 heavy (non-hydrogen) atoms. The number of hydrogen-bond acceptors (Lipinski definition) is 4. The molecule has 118 valence electrons. The van der Waals surface area contributed by atoms with Gasteiger partial charge in [0.15, 0.2) is 0 Å². The first-order chi connectivity index (χ1) is 9.97. The first-order valence-electron chi connectivity index (χ1n) is 7.61. The van der Waals surface area contributed by atoms with E-state index in [-0.39, 0.29) is 0 Å². The Hall–Kier alpha value is -1.26. The lowest BCUT2D eigenvalue weighted by Gasteiger charge is -2.29. The molecule has 0 bridgehead atoms. The Kier molecular flexibility index (Phi) is 5.12. The molecule has 2 rings (SSSR count). The molecule has 0 heterocycles. The quantitative estimate of drug-likeness (QED) is 0.847. The van der Waals surface area contributed by atoms with E-state index < -0.39 is 6.10 Å². The predicted octanol–water partition coefficient (Wildman–Crippen LogP) is 2.91. The summed E-state index contributed by atoms with van der Waals surface area (Å²) in [4.78, 5) is 0. The summed E-state index contributed by atoms with van der Waals surface area (Å²) in [5.74, 6) is 1.42. The highest BCUT2D eigenvalue weighted by molar-refractivity contribution is 5.41. The van der Waals surface area contributed by atoms with Gasteiger partial charge in [0, 0.05) is 18.2 Å². The number of methoxy groups -OCH3 is 2. The second-order valence-corrected chi connectivity index (χ2v) is 6.47. The van der Waals surface area contributed by atoms with Gasteiger partial charge < -0.3 is 19.9 Å². The molecule has 1 saturated carbocycles. The highest BCUT2D eigenvalue weighted by Crippen LogP contribution is 2.37. The SMILES string of the molecule is COc1ccc(OC)c(C(O)CNC2CCCC2(C)C)c1.